The van der Waals surface area contributed by atoms with Gasteiger partial charge in [-0.2, -0.15) is 0 Å². The van der Waals surface area contributed by atoms with Crippen LogP contribution in [0.4, 0.5) is 0 Å². The van der Waals surface area contributed by atoms with Crippen molar-refractivity contribution in [3.63, 3.8) is 0 Å². The van der Waals surface area contributed by atoms with E-state index in [1.807, 2.05) is 0 Å². The van der Waals surface area contributed by atoms with Crippen LogP contribution < -0.4 is 10.4 Å². The lowest BCUT2D eigenvalue weighted by molar-refractivity contribution is 1.64. The van der Waals surface area contributed by atoms with Crippen molar-refractivity contribution in [3.05, 3.63) is 83.3 Å². The molecule has 0 spiro atoms. The third-order valence-corrected chi connectivity index (χ3v) is 5.82. The highest BCUT2D eigenvalue weighted by Gasteiger charge is 2.05. The summed E-state index contributed by atoms with van der Waals surface area (Å²) in [5.41, 5.74) is 2.69. The van der Waals surface area contributed by atoms with Crippen molar-refractivity contribution in [2.24, 2.45) is 0 Å². The van der Waals surface area contributed by atoms with Crippen LogP contribution in [0.2, 0.25) is 0 Å². The highest BCUT2D eigenvalue weighted by Crippen LogP contribution is 2.16. The van der Waals surface area contributed by atoms with Crippen LogP contribution in [0.3, 0.4) is 0 Å². The van der Waals surface area contributed by atoms with Crippen LogP contribution in [0, 0.1) is 0 Å². The fraction of sp³-hybridized carbons (Fsp3) is 0. The third kappa shape index (κ3) is 3.09. The van der Waals surface area contributed by atoms with E-state index >= 15 is 0 Å². The third-order valence-electron chi connectivity index (χ3n) is 3.41. The Balaban J connectivity index is 1.96. The van der Waals surface area contributed by atoms with Crippen LogP contribution in [0.25, 0.3) is 11.1 Å². The Morgan fingerprint density at radius 2 is 1.30 bits per heavy atom. The Kier molecular flexibility index (Phi) is 4.14. The van der Waals surface area contributed by atoms with Crippen molar-refractivity contribution in [2.45, 2.75) is 0 Å². The van der Waals surface area contributed by atoms with Crippen molar-refractivity contribution < 1.29 is 0 Å². The van der Waals surface area contributed by atoms with Gasteiger partial charge in [0.2, 0.25) is 0 Å². The van der Waals surface area contributed by atoms with E-state index in [4.69, 9.17) is 0 Å². The van der Waals surface area contributed by atoms with Crippen molar-refractivity contribution in [1.29, 1.82) is 0 Å². The van der Waals surface area contributed by atoms with E-state index in [1.54, 1.807) is 0 Å². The Morgan fingerprint density at radius 3 is 2.05 bits per heavy atom. The lowest BCUT2D eigenvalue weighted by Gasteiger charge is -2.09. The van der Waals surface area contributed by atoms with Crippen molar-refractivity contribution in [1.82, 2.24) is 0 Å². The highest BCUT2D eigenvalue weighted by atomic mass is 79.9. The van der Waals surface area contributed by atoms with Gasteiger partial charge in [0.25, 0.3) is 0 Å². The minimum atomic E-state index is -0.444. The summed E-state index contributed by atoms with van der Waals surface area (Å²) in [6.45, 7) is 0. The maximum Gasteiger partial charge on any atom is 0.0883 e. The molecule has 3 aromatic rings. The Morgan fingerprint density at radius 1 is 0.650 bits per heavy atom. The number of hydrogen-bond donors (Lipinski definition) is 0. The van der Waals surface area contributed by atoms with Crippen LogP contribution in [0.5, 0.6) is 0 Å². The monoisotopic (exact) mass is 338 g/mol. The van der Waals surface area contributed by atoms with Crippen molar-refractivity contribution >= 4 is 35.8 Å². The maximum absolute atomic E-state index is 3.50. The second-order valence-corrected chi connectivity index (χ2v) is 7.67. The van der Waals surface area contributed by atoms with E-state index in [-0.39, 0.29) is 0 Å². The Hall–Kier alpha value is -1.64. The zero-order valence-electron chi connectivity index (χ0n) is 11.1. The van der Waals surface area contributed by atoms with Crippen molar-refractivity contribution in [3.8, 4) is 11.1 Å². The fourth-order valence-corrected chi connectivity index (χ4v) is 4.34. The van der Waals surface area contributed by atoms with Gasteiger partial charge in [0.1, 0.15) is 0 Å². The van der Waals surface area contributed by atoms with Gasteiger partial charge in [-0.1, -0.05) is 93.0 Å². The van der Waals surface area contributed by atoms with Gasteiger partial charge in [-0.05, 0) is 23.3 Å². The number of rotatable bonds is 3. The maximum atomic E-state index is 3.50. The van der Waals surface area contributed by atoms with E-state index in [0.29, 0.717) is 0 Å². The van der Waals surface area contributed by atoms with E-state index < -0.39 is 9.52 Å². The Bertz CT molecular complexity index is 690. The van der Waals surface area contributed by atoms with Gasteiger partial charge in [0.05, 0.1) is 9.52 Å². The molecule has 0 radical (unpaired) electrons. The molecule has 2 heteroatoms. The van der Waals surface area contributed by atoms with Gasteiger partial charge >= 0.3 is 0 Å². The van der Waals surface area contributed by atoms with Crippen LogP contribution in [0.1, 0.15) is 0 Å². The molecule has 0 aliphatic carbocycles. The normalized spacial score (nSPS) is 11.1. The van der Waals surface area contributed by atoms with E-state index in [1.165, 1.54) is 21.5 Å². The first-order chi connectivity index (χ1) is 9.83. The minimum absolute atomic E-state index is 0.444. The minimum Gasteiger partial charge on any atom is -0.0627 e. The van der Waals surface area contributed by atoms with Crippen LogP contribution in [0.15, 0.2) is 83.3 Å². The average Bonchev–Trinajstić information content (AvgIpc) is 2.51. The van der Waals surface area contributed by atoms with Crippen LogP contribution in [-0.2, 0) is 0 Å². The van der Waals surface area contributed by atoms with Crippen LogP contribution >= 0.6 is 15.9 Å². The number of hydrogen-bond acceptors (Lipinski definition) is 0. The lowest BCUT2D eigenvalue weighted by Crippen LogP contribution is -2.28. The molecule has 98 valence electrons. The molecule has 0 unspecified atom stereocenters. The first-order valence-electron chi connectivity index (χ1n) is 6.71. The summed E-state index contributed by atoms with van der Waals surface area (Å²) in [6, 6.07) is 28.2. The molecule has 0 N–H and O–H groups in total. The molecule has 20 heavy (non-hydrogen) atoms. The predicted octanol–water partition coefficient (Wildman–Crippen LogP) is 3.24. The molecule has 0 saturated carbocycles. The molecular formula is C18H15BrSi. The molecule has 0 aliphatic heterocycles. The molecule has 0 fully saturated rings. The first kappa shape index (κ1) is 13.3. The molecule has 0 amide bonds. The number of benzene rings is 3. The molecule has 0 saturated heterocycles. The zero-order chi connectivity index (χ0) is 13.8. The second kappa shape index (κ2) is 6.20. The molecule has 0 aromatic heterocycles. The molecule has 0 atom stereocenters. The smallest absolute Gasteiger partial charge is 0.0627 e. The standard InChI is InChI=1S/C18H15BrSi/c19-15-10-12-16(13-11-15)20-18-9-5-4-8-17(18)14-6-2-1-3-7-14/h1-13H,20H2. The van der Waals surface area contributed by atoms with Gasteiger partial charge in [-0.3, -0.25) is 0 Å². The summed E-state index contributed by atoms with van der Waals surface area (Å²) in [5, 5.41) is 2.97. The zero-order valence-corrected chi connectivity index (χ0v) is 14.1. The summed E-state index contributed by atoms with van der Waals surface area (Å²) in [4.78, 5) is 0. The summed E-state index contributed by atoms with van der Waals surface area (Å²) >= 11 is 3.50. The molecule has 3 rings (SSSR count). The van der Waals surface area contributed by atoms with Gasteiger partial charge in [-0.15, -0.1) is 0 Å². The summed E-state index contributed by atoms with van der Waals surface area (Å²) < 4.78 is 1.14. The summed E-state index contributed by atoms with van der Waals surface area (Å²) in [7, 11) is -0.444. The first-order valence-corrected chi connectivity index (χ1v) is 8.91. The molecule has 0 aliphatic rings. The quantitative estimate of drug-likeness (QED) is 0.643. The number of halogens is 1. The molecule has 3 aromatic carbocycles. The molecule has 0 nitrogen and oxygen atoms in total. The molecular weight excluding hydrogens is 324 g/mol. The van der Waals surface area contributed by atoms with Crippen molar-refractivity contribution in [2.75, 3.05) is 0 Å². The van der Waals surface area contributed by atoms with Gasteiger partial charge in [-0.25, -0.2) is 0 Å². The summed E-state index contributed by atoms with van der Waals surface area (Å²) in [5.74, 6) is 0. The van der Waals surface area contributed by atoms with E-state index in [2.05, 4.69) is 94.8 Å². The second-order valence-electron chi connectivity index (χ2n) is 4.83. The largest absolute Gasteiger partial charge is 0.0883 e. The topological polar surface area (TPSA) is 0 Å². The SMILES string of the molecule is Brc1ccc([SiH2]c2ccccc2-c2ccccc2)cc1. The lowest BCUT2D eigenvalue weighted by atomic mass is 10.1. The Labute approximate surface area is 130 Å². The fourth-order valence-electron chi connectivity index (χ4n) is 2.40. The molecule has 0 bridgehead atoms. The predicted molar refractivity (Wildman–Crippen MR) is 93.8 cm³/mol. The van der Waals surface area contributed by atoms with Gasteiger partial charge in [0, 0.05) is 4.47 Å². The van der Waals surface area contributed by atoms with E-state index in [0.717, 1.165) is 4.47 Å². The highest BCUT2D eigenvalue weighted by molar-refractivity contribution is 9.10. The molecule has 0 heterocycles. The van der Waals surface area contributed by atoms with Crippen LogP contribution in [-0.4, -0.2) is 9.52 Å². The van der Waals surface area contributed by atoms with E-state index in [9.17, 15) is 0 Å². The average molecular weight is 339 g/mol. The van der Waals surface area contributed by atoms with Gasteiger partial charge in [0.15, 0.2) is 0 Å². The summed E-state index contributed by atoms with van der Waals surface area (Å²) in [6.07, 6.45) is 0. The van der Waals surface area contributed by atoms with Gasteiger partial charge < -0.3 is 0 Å².